The topological polar surface area (TPSA) is 69.9 Å². The summed E-state index contributed by atoms with van der Waals surface area (Å²) in [6.07, 6.45) is 0. The third-order valence-electron chi connectivity index (χ3n) is 13.0. The molecule has 0 N–H and O–H groups in total. The fourth-order valence-corrected chi connectivity index (χ4v) is 10.0. The molecule has 0 atom stereocenters. The lowest BCUT2D eigenvalue weighted by molar-refractivity contribution is 0.669. The van der Waals surface area contributed by atoms with Gasteiger partial charge in [0.25, 0.3) is 0 Å². The lowest BCUT2D eigenvalue weighted by Crippen LogP contribution is -2.02. The highest BCUT2D eigenvalue weighted by Gasteiger charge is 2.24. The summed E-state index contributed by atoms with van der Waals surface area (Å²) in [4.78, 5) is 15.7. The van der Waals surface area contributed by atoms with Crippen LogP contribution in [0.15, 0.2) is 215 Å². The Morgan fingerprint density at radius 2 is 0.938 bits per heavy atom. The van der Waals surface area contributed by atoms with Gasteiger partial charge >= 0.3 is 0 Å². The first-order chi connectivity index (χ1) is 32.2. The molecule has 4 aromatic heterocycles. The van der Waals surface area contributed by atoms with Gasteiger partial charge in [0.1, 0.15) is 22.3 Å². The van der Waals surface area contributed by atoms with E-state index in [1.165, 1.54) is 21.5 Å². The van der Waals surface area contributed by atoms with Gasteiger partial charge in [0.15, 0.2) is 17.5 Å². The van der Waals surface area contributed by atoms with Crippen LogP contribution in [-0.4, -0.2) is 19.5 Å². The number of para-hydroxylation sites is 4. The molecule has 302 valence electrons. The average Bonchev–Trinajstić information content (AvgIpc) is 4.05. The molecule has 0 fully saturated rings. The molecule has 0 aliphatic carbocycles. The fourth-order valence-electron chi connectivity index (χ4n) is 10.0. The summed E-state index contributed by atoms with van der Waals surface area (Å²) in [5.74, 6) is 1.66. The van der Waals surface area contributed by atoms with Crippen LogP contribution in [0.2, 0.25) is 0 Å². The maximum Gasteiger partial charge on any atom is 0.167 e. The van der Waals surface area contributed by atoms with Crippen LogP contribution in [0.3, 0.4) is 0 Å². The number of nitrogens with zero attached hydrogens (tertiary/aromatic N) is 4. The van der Waals surface area contributed by atoms with Crippen LogP contribution >= 0.6 is 0 Å². The Labute approximate surface area is 371 Å². The molecule has 10 aromatic carbocycles. The van der Waals surface area contributed by atoms with Crippen molar-refractivity contribution in [1.82, 2.24) is 19.5 Å². The summed E-state index contributed by atoms with van der Waals surface area (Å²) in [6.45, 7) is 0. The van der Waals surface area contributed by atoms with Gasteiger partial charge in [0.2, 0.25) is 0 Å². The summed E-state index contributed by atoms with van der Waals surface area (Å²) in [5, 5.41) is 11.1. The van der Waals surface area contributed by atoms with Crippen molar-refractivity contribution in [3.8, 4) is 51.0 Å². The van der Waals surface area contributed by atoms with E-state index in [-0.39, 0.29) is 0 Å². The quantitative estimate of drug-likeness (QED) is 0.173. The molecular weight excluding hydrogens is 797 g/mol. The molecule has 0 amide bonds. The highest BCUT2D eigenvalue weighted by Crippen LogP contribution is 2.46. The first-order valence-corrected chi connectivity index (χ1v) is 21.8. The molecule has 14 aromatic rings. The van der Waals surface area contributed by atoms with Crippen LogP contribution in [0.5, 0.6) is 0 Å². The van der Waals surface area contributed by atoms with E-state index in [2.05, 4.69) is 144 Å². The lowest BCUT2D eigenvalue weighted by Gasteiger charge is -2.18. The number of benzene rings is 10. The van der Waals surface area contributed by atoms with Crippen LogP contribution in [0.1, 0.15) is 0 Å². The molecule has 6 heteroatoms. The molecule has 0 radical (unpaired) electrons. The molecular formula is C59H34N4O2. The summed E-state index contributed by atoms with van der Waals surface area (Å²) in [5.41, 5.74) is 11.1. The Hall–Kier alpha value is -8.87. The number of aromatic nitrogens is 4. The van der Waals surface area contributed by atoms with Gasteiger partial charge in [-0.1, -0.05) is 146 Å². The zero-order chi connectivity index (χ0) is 42.6. The van der Waals surface area contributed by atoms with Crippen molar-refractivity contribution in [3.63, 3.8) is 0 Å². The van der Waals surface area contributed by atoms with Gasteiger partial charge in [-0.2, -0.15) is 0 Å². The monoisotopic (exact) mass is 830 g/mol. The smallest absolute Gasteiger partial charge is 0.167 e. The van der Waals surface area contributed by atoms with Crippen molar-refractivity contribution in [2.75, 3.05) is 0 Å². The molecule has 0 spiro atoms. The van der Waals surface area contributed by atoms with Gasteiger partial charge in [-0.05, 0) is 82.4 Å². The molecule has 0 saturated heterocycles. The van der Waals surface area contributed by atoms with Crippen LogP contribution in [-0.2, 0) is 0 Å². The van der Waals surface area contributed by atoms with Crippen LogP contribution in [0.4, 0.5) is 0 Å². The van der Waals surface area contributed by atoms with Gasteiger partial charge in [-0.25, -0.2) is 15.0 Å². The van der Waals surface area contributed by atoms with E-state index in [0.29, 0.717) is 17.5 Å². The minimum absolute atomic E-state index is 0.535. The number of hydrogen-bond donors (Lipinski definition) is 0. The van der Waals surface area contributed by atoms with Crippen molar-refractivity contribution in [2.45, 2.75) is 0 Å². The van der Waals surface area contributed by atoms with Gasteiger partial charge in [-0.15, -0.1) is 0 Å². The zero-order valence-corrected chi connectivity index (χ0v) is 34.7. The second-order valence-corrected chi connectivity index (χ2v) is 16.7. The maximum atomic E-state index is 6.80. The Morgan fingerprint density at radius 3 is 1.77 bits per heavy atom. The largest absolute Gasteiger partial charge is 0.455 e. The standard InChI is InChI=1S/C59H34N4O2/c1-2-15-35(16-3-1)57-60-58(62-59(61-57)45-25-14-24-43-42-22-9-12-27-52(42)64-55(43)45)39-29-30-50(63-49-26-11-8-21-41(49)46-31-36-17-4-5-18-37(36)34-51(46)63)47(33-39)48-32-38-19-6-7-20-40(38)56-54(48)44-23-10-13-28-53(44)65-56/h1-34H. The molecule has 65 heavy (non-hydrogen) atoms. The second-order valence-electron chi connectivity index (χ2n) is 16.7. The summed E-state index contributed by atoms with van der Waals surface area (Å²) in [6, 6.07) is 72.2. The molecule has 6 nitrogen and oxygen atoms in total. The van der Waals surface area contributed by atoms with Gasteiger partial charge in [0, 0.05) is 54.4 Å². The van der Waals surface area contributed by atoms with Gasteiger partial charge < -0.3 is 13.4 Å². The molecule has 0 aliphatic heterocycles. The lowest BCUT2D eigenvalue weighted by atomic mass is 9.93. The van der Waals surface area contributed by atoms with E-state index in [0.717, 1.165) is 99.2 Å². The molecule has 4 heterocycles. The van der Waals surface area contributed by atoms with Crippen molar-refractivity contribution >= 4 is 87.2 Å². The SMILES string of the molecule is c1ccc(-c2nc(-c3ccc(-n4c5ccccc5c5cc6ccccc6cc54)c(-c4cc5ccccc5c5oc6ccccc6c45)c3)nc(-c3cccc4c3oc3ccccc34)n2)cc1. The van der Waals surface area contributed by atoms with E-state index in [4.69, 9.17) is 23.8 Å². The van der Waals surface area contributed by atoms with E-state index >= 15 is 0 Å². The van der Waals surface area contributed by atoms with Gasteiger partial charge in [-0.3, -0.25) is 0 Å². The highest BCUT2D eigenvalue weighted by molar-refractivity contribution is 6.22. The molecule has 0 bridgehead atoms. The normalized spacial score (nSPS) is 12.0. The van der Waals surface area contributed by atoms with Gasteiger partial charge in [0.05, 0.1) is 22.3 Å². The molecule has 0 aliphatic rings. The van der Waals surface area contributed by atoms with E-state index < -0.39 is 0 Å². The predicted octanol–water partition coefficient (Wildman–Crippen LogP) is 15.7. The Morgan fingerprint density at radius 1 is 0.323 bits per heavy atom. The maximum absolute atomic E-state index is 6.80. The zero-order valence-electron chi connectivity index (χ0n) is 34.7. The number of rotatable bonds is 5. The van der Waals surface area contributed by atoms with E-state index in [1.807, 2.05) is 66.7 Å². The molecule has 0 saturated carbocycles. The Kier molecular flexibility index (Phi) is 7.59. The number of hydrogen-bond acceptors (Lipinski definition) is 5. The average molecular weight is 831 g/mol. The number of fused-ring (bicyclic) bond motifs is 12. The number of furan rings is 2. The van der Waals surface area contributed by atoms with Crippen LogP contribution < -0.4 is 0 Å². The Bertz CT molecular complexity index is 4250. The molecule has 14 rings (SSSR count). The van der Waals surface area contributed by atoms with Crippen molar-refractivity contribution < 1.29 is 8.83 Å². The fraction of sp³-hybridized carbons (Fsp3) is 0. The summed E-state index contributed by atoms with van der Waals surface area (Å²) >= 11 is 0. The molecule has 0 unspecified atom stereocenters. The van der Waals surface area contributed by atoms with Crippen molar-refractivity contribution in [1.29, 1.82) is 0 Å². The predicted molar refractivity (Wildman–Crippen MR) is 265 cm³/mol. The van der Waals surface area contributed by atoms with E-state index in [1.54, 1.807) is 0 Å². The Balaban J connectivity index is 1.10. The second kappa shape index (κ2) is 13.8. The van der Waals surface area contributed by atoms with E-state index in [9.17, 15) is 0 Å². The van der Waals surface area contributed by atoms with Crippen molar-refractivity contribution in [2.24, 2.45) is 0 Å². The summed E-state index contributed by atoms with van der Waals surface area (Å²) in [7, 11) is 0. The third-order valence-corrected chi connectivity index (χ3v) is 13.0. The summed E-state index contributed by atoms with van der Waals surface area (Å²) < 4.78 is 15.8. The van der Waals surface area contributed by atoms with Crippen LogP contribution in [0, 0.1) is 0 Å². The minimum Gasteiger partial charge on any atom is -0.455 e. The van der Waals surface area contributed by atoms with Crippen LogP contribution in [0.25, 0.3) is 138 Å². The minimum atomic E-state index is 0.535. The third kappa shape index (κ3) is 5.44. The first kappa shape index (κ1) is 35.7. The highest BCUT2D eigenvalue weighted by atomic mass is 16.3. The first-order valence-electron chi connectivity index (χ1n) is 21.8. The van der Waals surface area contributed by atoms with Crippen molar-refractivity contribution in [3.05, 3.63) is 206 Å².